The van der Waals surface area contributed by atoms with Gasteiger partial charge in [-0.1, -0.05) is 35.9 Å². The quantitative estimate of drug-likeness (QED) is 0.472. The maximum absolute atomic E-state index is 6.19. The molecule has 3 heterocycles. The van der Waals surface area contributed by atoms with E-state index in [2.05, 4.69) is 15.0 Å². The molecule has 1 aromatic carbocycles. The highest BCUT2D eigenvalue weighted by atomic mass is 35.5. The third-order valence-corrected chi connectivity index (χ3v) is 4.36. The predicted molar refractivity (Wildman–Crippen MR) is 106 cm³/mol. The smallest absolute Gasteiger partial charge is 0.152 e. The molecule has 0 N–H and O–H groups in total. The van der Waals surface area contributed by atoms with E-state index in [1.165, 1.54) is 0 Å². The molecule has 0 amide bonds. The van der Waals surface area contributed by atoms with Gasteiger partial charge in [-0.25, -0.2) is 0 Å². The first kappa shape index (κ1) is 17.2. The Morgan fingerprint density at radius 1 is 0.741 bits per heavy atom. The Kier molecular flexibility index (Phi) is 5.08. The summed E-state index contributed by atoms with van der Waals surface area (Å²) < 4.78 is 6.19. The number of halogens is 1. The summed E-state index contributed by atoms with van der Waals surface area (Å²) >= 11 is 5.96. The Morgan fingerprint density at radius 3 is 2.11 bits per heavy atom. The number of rotatable bonds is 5. The lowest BCUT2D eigenvalue weighted by molar-refractivity contribution is 0.245. The maximum Gasteiger partial charge on any atom is 0.152 e. The number of pyridine rings is 3. The second-order valence-electron chi connectivity index (χ2n) is 5.96. The molecule has 0 radical (unpaired) electrons. The normalized spacial score (nSPS) is 11.7. The number of hydrogen-bond acceptors (Lipinski definition) is 4. The Balaban J connectivity index is 1.66. The fourth-order valence-electron chi connectivity index (χ4n) is 2.76. The van der Waals surface area contributed by atoms with Gasteiger partial charge in [0.25, 0.3) is 0 Å². The first-order chi connectivity index (χ1) is 13.3. The molecule has 4 rings (SSSR count). The molecule has 27 heavy (non-hydrogen) atoms. The first-order valence-electron chi connectivity index (χ1n) is 8.48. The van der Waals surface area contributed by atoms with Gasteiger partial charge < -0.3 is 4.74 Å². The Labute approximate surface area is 162 Å². The van der Waals surface area contributed by atoms with Crippen LogP contribution in [0.25, 0.3) is 11.3 Å². The van der Waals surface area contributed by atoms with Crippen LogP contribution in [-0.2, 0) is 0 Å². The van der Waals surface area contributed by atoms with E-state index in [4.69, 9.17) is 16.3 Å². The average molecular weight is 374 g/mol. The van der Waals surface area contributed by atoms with Gasteiger partial charge in [-0.2, -0.15) is 0 Å². The van der Waals surface area contributed by atoms with E-state index in [1.54, 1.807) is 24.8 Å². The van der Waals surface area contributed by atoms with E-state index in [-0.39, 0.29) is 6.10 Å². The zero-order chi connectivity index (χ0) is 18.5. The van der Waals surface area contributed by atoms with Crippen LogP contribution in [0.4, 0.5) is 0 Å². The minimum Gasteiger partial charge on any atom is -0.479 e. The molecule has 4 aromatic rings. The third kappa shape index (κ3) is 4.13. The fourth-order valence-corrected chi connectivity index (χ4v) is 2.89. The van der Waals surface area contributed by atoms with E-state index in [9.17, 15) is 0 Å². The lowest BCUT2D eigenvalue weighted by Crippen LogP contribution is -2.10. The third-order valence-electron chi connectivity index (χ3n) is 4.10. The van der Waals surface area contributed by atoms with Crippen molar-refractivity contribution in [1.29, 1.82) is 0 Å². The summed E-state index contributed by atoms with van der Waals surface area (Å²) in [5.41, 5.74) is 3.77. The van der Waals surface area contributed by atoms with Gasteiger partial charge in [-0.05, 0) is 36.4 Å². The van der Waals surface area contributed by atoms with Crippen molar-refractivity contribution in [3.05, 3.63) is 108 Å². The second-order valence-corrected chi connectivity index (χ2v) is 6.39. The standard InChI is InChI=1S/C22H16ClN3O/c23-19-8-5-16(6-9-19)21-10-7-18(14-26-21)22(17-3-1-11-24-13-17)27-20-4-2-12-25-15-20/h1-15,22H. The van der Waals surface area contributed by atoms with Crippen molar-refractivity contribution >= 4 is 11.6 Å². The molecule has 0 saturated heterocycles. The van der Waals surface area contributed by atoms with Crippen LogP contribution in [0.3, 0.4) is 0 Å². The summed E-state index contributed by atoms with van der Waals surface area (Å²) in [4.78, 5) is 12.9. The van der Waals surface area contributed by atoms with Crippen LogP contribution in [0, 0.1) is 0 Å². The molecular formula is C22H16ClN3O. The number of hydrogen-bond donors (Lipinski definition) is 0. The van der Waals surface area contributed by atoms with Crippen LogP contribution >= 0.6 is 11.6 Å². The van der Waals surface area contributed by atoms with Crippen LogP contribution in [0.2, 0.25) is 5.02 Å². The molecule has 1 atom stereocenters. The van der Waals surface area contributed by atoms with E-state index < -0.39 is 0 Å². The highest BCUT2D eigenvalue weighted by Crippen LogP contribution is 2.28. The van der Waals surface area contributed by atoms with Crippen LogP contribution in [0.15, 0.2) is 91.6 Å². The van der Waals surface area contributed by atoms with Gasteiger partial charge in [0.15, 0.2) is 6.10 Å². The van der Waals surface area contributed by atoms with Gasteiger partial charge >= 0.3 is 0 Å². The zero-order valence-electron chi connectivity index (χ0n) is 14.4. The lowest BCUT2D eigenvalue weighted by atomic mass is 10.0. The Morgan fingerprint density at radius 2 is 1.48 bits per heavy atom. The monoisotopic (exact) mass is 373 g/mol. The minimum atomic E-state index is -0.324. The van der Waals surface area contributed by atoms with Crippen molar-refractivity contribution in [2.75, 3.05) is 0 Å². The number of nitrogens with zero attached hydrogens (tertiary/aromatic N) is 3. The molecule has 0 spiro atoms. The molecule has 0 aliphatic rings. The lowest BCUT2D eigenvalue weighted by Gasteiger charge is -2.19. The van der Waals surface area contributed by atoms with Gasteiger partial charge in [0.1, 0.15) is 5.75 Å². The number of aromatic nitrogens is 3. The largest absolute Gasteiger partial charge is 0.479 e. The van der Waals surface area contributed by atoms with Crippen molar-refractivity contribution in [2.24, 2.45) is 0 Å². The molecule has 1 unspecified atom stereocenters. The summed E-state index contributed by atoms with van der Waals surface area (Å²) in [7, 11) is 0. The molecule has 0 bridgehead atoms. The van der Waals surface area contributed by atoms with Crippen LogP contribution < -0.4 is 4.74 Å². The van der Waals surface area contributed by atoms with Crippen molar-refractivity contribution in [1.82, 2.24) is 15.0 Å². The minimum absolute atomic E-state index is 0.324. The van der Waals surface area contributed by atoms with Gasteiger partial charge in [-0.15, -0.1) is 0 Å². The second kappa shape index (κ2) is 7.98. The molecule has 4 nitrogen and oxygen atoms in total. The summed E-state index contributed by atoms with van der Waals surface area (Å²) in [6.45, 7) is 0. The van der Waals surface area contributed by atoms with Crippen molar-refractivity contribution in [2.45, 2.75) is 6.10 Å². The Bertz CT molecular complexity index is 991. The molecule has 0 fully saturated rings. The van der Waals surface area contributed by atoms with Crippen LogP contribution in [0.5, 0.6) is 5.75 Å². The van der Waals surface area contributed by atoms with Crippen molar-refractivity contribution in [3.63, 3.8) is 0 Å². The predicted octanol–water partition coefficient (Wildman–Crippen LogP) is 5.36. The van der Waals surface area contributed by atoms with Gasteiger partial charge in [0, 0.05) is 46.5 Å². The molecule has 5 heteroatoms. The van der Waals surface area contributed by atoms with E-state index in [0.717, 1.165) is 22.4 Å². The molecule has 3 aromatic heterocycles. The highest BCUT2D eigenvalue weighted by molar-refractivity contribution is 6.30. The molecule has 0 aliphatic carbocycles. The van der Waals surface area contributed by atoms with Gasteiger partial charge in [0.05, 0.1) is 11.9 Å². The molecular weight excluding hydrogens is 358 g/mol. The molecule has 0 saturated carbocycles. The van der Waals surface area contributed by atoms with Gasteiger partial charge in [0.2, 0.25) is 0 Å². The SMILES string of the molecule is Clc1ccc(-c2ccc(C(Oc3cccnc3)c3cccnc3)cn2)cc1. The van der Waals surface area contributed by atoms with Crippen molar-refractivity contribution < 1.29 is 4.74 Å². The average Bonchev–Trinajstić information content (AvgIpc) is 2.74. The first-order valence-corrected chi connectivity index (χ1v) is 8.86. The summed E-state index contributed by atoms with van der Waals surface area (Å²) in [6.07, 6.45) is 8.46. The van der Waals surface area contributed by atoms with E-state index in [0.29, 0.717) is 10.8 Å². The molecule has 132 valence electrons. The van der Waals surface area contributed by atoms with Crippen LogP contribution in [-0.4, -0.2) is 15.0 Å². The highest BCUT2D eigenvalue weighted by Gasteiger charge is 2.17. The molecule has 0 aliphatic heterocycles. The van der Waals surface area contributed by atoms with E-state index in [1.807, 2.05) is 66.9 Å². The maximum atomic E-state index is 6.19. The topological polar surface area (TPSA) is 47.9 Å². The Hall–Kier alpha value is -3.24. The number of ether oxygens (including phenoxy) is 1. The number of benzene rings is 1. The van der Waals surface area contributed by atoms with Crippen LogP contribution in [0.1, 0.15) is 17.2 Å². The van der Waals surface area contributed by atoms with Crippen molar-refractivity contribution in [3.8, 4) is 17.0 Å². The summed E-state index contributed by atoms with van der Waals surface area (Å²) in [5, 5.41) is 0.705. The summed E-state index contributed by atoms with van der Waals surface area (Å²) in [5.74, 6) is 0.688. The van der Waals surface area contributed by atoms with E-state index >= 15 is 0 Å². The van der Waals surface area contributed by atoms with Gasteiger partial charge in [-0.3, -0.25) is 15.0 Å². The zero-order valence-corrected chi connectivity index (χ0v) is 15.1. The summed E-state index contributed by atoms with van der Waals surface area (Å²) in [6, 6.07) is 19.2. The fraction of sp³-hybridized carbons (Fsp3) is 0.0455.